The van der Waals surface area contributed by atoms with E-state index in [1.54, 1.807) is 24.4 Å². The summed E-state index contributed by atoms with van der Waals surface area (Å²) in [6.45, 7) is 6.76. The number of hydrogen-bond acceptors (Lipinski definition) is 12. The minimum Gasteiger partial charge on any atom is -0.456 e. The van der Waals surface area contributed by atoms with Gasteiger partial charge in [-0.05, 0) is 24.5 Å². The molecule has 3 unspecified atom stereocenters. The van der Waals surface area contributed by atoms with Gasteiger partial charge in [-0.25, -0.2) is 9.59 Å². The molecule has 5 heterocycles. The van der Waals surface area contributed by atoms with E-state index in [9.17, 15) is 29.7 Å². The third kappa shape index (κ3) is 2.12. The third-order valence-electron chi connectivity index (χ3n) is 10.0. The number of nitrogens with zero attached hydrogens (tertiary/aromatic N) is 1. The molecule has 6 aliphatic rings. The van der Waals surface area contributed by atoms with E-state index >= 15 is 0 Å². The number of pyridine rings is 1. The highest BCUT2D eigenvalue weighted by Crippen LogP contribution is 2.84. The number of carbonyl (C=O) groups excluding carboxylic acids is 3. The van der Waals surface area contributed by atoms with Gasteiger partial charge in [-0.1, -0.05) is 26.8 Å². The van der Waals surface area contributed by atoms with Gasteiger partial charge in [0.25, 0.3) is 0 Å². The number of ether oxygens (including phenoxy) is 5. The predicted molar refractivity (Wildman–Crippen MR) is 120 cm³/mol. The van der Waals surface area contributed by atoms with Crippen LogP contribution in [-0.2, 0) is 44.7 Å². The number of fused-ring (bicyclic) bond motifs is 1. The summed E-state index contributed by atoms with van der Waals surface area (Å²) in [5.74, 6) is -4.87. The molecule has 1 aromatic rings. The van der Waals surface area contributed by atoms with Crippen molar-refractivity contribution >= 4 is 17.9 Å². The van der Waals surface area contributed by atoms with Crippen molar-refractivity contribution in [2.45, 2.75) is 82.3 Å². The van der Waals surface area contributed by atoms with Gasteiger partial charge in [0.05, 0.1) is 35.2 Å². The quantitative estimate of drug-likeness (QED) is 0.329. The molecule has 0 bridgehead atoms. The maximum atomic E-state index is 13.8. The summed E-state index contributed by atoms with van der Waals surface area (Å²) in [4.78, 5) is 44.2. The van der Waals surface area contributed by atoms with Gasteiger partial charge in [-0.2, -0.15) is 0 Å². The van der Waals surface area contributed by atoms with Crippen LogP contribution in [-0.4, -0.2) is 86.2 Å². The van der Waals surface area contributed by atoms with E-state index in [2.05, 4.69) is 4.98 Å². The number of carbonyl (C=O) groups is 3. The van der Waals surface area contributed by atoms with Gasteiger partial charge >= 0.3 is 17.9 Å². The highest BCUT2D eigenvalue weighted by molar-refractivity contribution is 5.94. The van der Waals surface area contributed by atoms with E-state index in [0.717, 1.165) is 0 Å². The molecule has 204 valence electrons. The van der Waals surface area contributed by atoms with Gasteiger partial charge in [-0.3, -0.25) is 9.78 Å². The van der Waals surface area contributed by atoms with Crippen LogP contribution in [0.2, 0.25) is 0 Å². The SMILES string of the molecule is C[C@@H]1C(=O)OC2[C@H](O)C34[C@@H]5OC(=O)[C@]3(O[C@@H]3OC(=O)[C@H](OCc6ccccn6)C34[C@H](C(C)(C)C)[C@H]5O)[C@]21O. The first-order valence-electron chi connectivity index (χ1n) is 12.7. The van der Waals surface area contributed by atoms with Gasteiger partial charge in [0.1, 0.15) is 12.2 Å². The lowest BCUT2D eigenvalue weighted by Crippen LogP contribution is -2.67. The molecule has 12 nitrogen and oxygen atoms in total. The van der Waals surface area contributed by atoms with Crippen molar-refractivity contribution < 1.29 is 53.4 Å². The fourth-order valence-corrected chi connectivity index (χ4v) is 9.10. The van der Waals surface area contributed by atoms with Crippen molar-refractivity contribution in [2.75, 3.05) is 0 Å². The lowest BCUT2D eigenvalue weighted by atomic mass is 9.51. The molecule has 0 amide bonds. The van der Waals surface area contributed by atoms with Crippen LogP contribution in [0.5, 0.6) is 0 Å². The topological polar surface area (TPSA) is 171 Å². The van der Waals surface area contributed by atoms with Gasteiger partial charge in [0, 0.05) is 12.1 Å². The molecule has 4 saturated heterocycles. The van der Waals surface area contributed by atoms with Crippen molar-refractivity contribution in [3.05, 3.63) is 30.1 Å². The maximum absolute atomic E-state index is 13.8. The molecule has 0 aromatic carbocycles. The third-order valence-corrected chi connectivity index (χ3v) is 10.0. The highest BCUT2D eigenvalue weighted by Gasteiger charge is 3.05. The molecule has 38 heavy (non-hydrogen) atoms. The zero-order chi connectivity index (χ0) is 27.2. The first kappa shape index (κ1) is 24.4. The molecule has 6 fully saturated rings. The Morgan fingerprint density at radius 1 is 1.05 bits per heavy atom. The highest BCUT2D eigenvalue weighted by atomic mass is 16.8. The minimum atomic E-state index is -2.38. The van der Waals surface area contributed by atoms with Crippen LogP contribution < -0.4 is 0 Å². The lowest BCUT2D eigenvalue weighted by Gasteiger charge is -2.48. The van der Waals surface area contributed by atoms with Gasteiger partial charge in [-0.15, -0.1) is 0 Å². The van der Waals surface area contributed by atoms with Crippen molar-refractivity contribution in [1.29, 1.82) is 0 Å². The molecule has 3 N–H and O–H groups in total. The van der Waals surface area contributed by atoms with Crippen LogP contribution in [0.15, 0.2) is 24.4 Å². The number of hydrogen-bond donors (Lipinski definition) is 3. The van der Waals surface area contributed by atoms with E-state index in [1.165, 1.54) is 6.92 Å². The van der Waals surface area contributed by atoms with E-state index in [1.807, 2.05) is 20.8 Å². The van der Waals surface area contributed by atoms with Gasteiger partial charge in [0.15, 0.2) is 17.8 Å². The summed E-state index contributed by atoms with van der Waals surface area (Å²) in [7, 11) is 0. The van der Waals surface area contributed by atoms with Crippen molar-refractivity contribution in [3.8, 4) is 0 Å². The molecular formula is C26H29NO11. The Morgan fingerprint density at radius 3 is 2.45 bits per heavy atom. The average molecular weight is 532 g/mol. The molecule has 7 rings (SSSR count). The van der Waals surface area contributed by atoms with Crippen LogP contribution >= 0.6 is 0 Å². The molecular weight excluding hydrogens is 502 g/mol. The van der Waals surface area contributed by atoms with Crippen LogP contribution in [0.3, 0.4) is 0 Å². The molecule has 2 aliphatic carbocycles. The largest absolute Gasteiger partial charge is 0.456 e. The molecule has 2 spiro atoms. The Bertz CT molecular complexity index is 1270. The number of aliphatic hydroxyl groups is 3. The first-order valence-corrected chi connectivity index (χ1v) is 12.7. The zero-order valence-corrected chi connectivity index (χ0v) is 21.2. The second-order valence-corrected chi connectivity index (χ2v) is 12.4. The van der Waals surface area contributed by atoms with Crippen molar-refractivity contribution in [2.24, 2.45) is 28.1 Å². The Morgan fingerprint density at radius 2 is 1.79 bits per heavy atom. The van der Waals surface area contributed by atoms with E-state index < -0.39 is 94.0 Å². The Labute approximate surface area is 217 Å². The van der Waals surface area contributed by atoms with Crippen LogP contribution in [0.4, 0.5) is 0 Å². The second kappa shape index (κ2) is 6.92. The summed E-state index contributed by atoms with van der Waals surface area (Å²) in [6.07, 6.45) is -7.52. The smallest absolute Gasteiger partial charge is 0.343 e. The van der Waals surface area contributed by atoms with Crippen LogP contribution in [0.1, 0.15) is 33.4 Å². The molecule has 4 aliphatic heterocycles. The minimum absolute atomic E-state index is 0.125. The lowest BCUT2D eigenvalue weighted by molar-refractivity contribution is -0.240. The first-order chi connectivity index (χ1) is 17.8. The Balaban J connectivity index is 1.50. The number of aliphatic hydroxyl groups excluding tert-OH is 2. The van der Waals surface area contributed by atoms with E-state index in [4.69, 9.17) is 23.7 Å². The van der Waals surface area contributed by atoms with Gasteiger partial charge in [0.2, 0.25) is 11.9 Å². The molecule has 12 heteroatoms. The molecule has 0 radical (unpaired) electrons. The second-order valence-electron chi connectivity index (χ2n) is 12.4. The summed E-state index contributed by atoms with van der Waals surface area (Å²) >= 11 is 0. The average Bonchev–Trinajstić information content (AvgIpc) is 3.55. The van der Waals surface area contributed by atoms with Crippen LogP contribution in [0.25, 0.3) is 0 Å². The summed E-state index contributed by atoms with van der Waals surface area (Å²) in [5.41, 5.74) is -8.66. The standard InChI is InChI=1S/C26H29NO11/c1-10-18(30)35-16-14(29)24-15-12(28)13(22(2,3)4)23(24)17(34-9-11-7-5-6-8-27-11)19(31)37-21(23)38-26(24,20(32)36-15)25(10,16)33/h5-8,10,12-17,21,28-29,33H,9H2,1-4H3/t10-,12-,13+,14+,15-,16?,17+,21+,23?,24?,25-,26-/m1/s1. The number of aromatic nitrogens is 1. The van der Waals surface area contributed by atoms with Gasteiger partial charge < -0.3 is 39.0 Å². The molecule has 2 saturated carbocycles. The Kier molecular flexibility index (Phi) is 4.44. The molecule has 12 atom stereocenters. The van der Waals surface area contributed by atoms with E-state index in [0.29, 0.717) is 5.69 Å². The van der Waals surface area contributed by atoms with E-state index in [-0.39, 0.29) is 6.61 Å². The maximum Gasteiger partial charge on any atom is 0.343 e. The summed E-state index contributed by atoms with van der Waals surface area (Å²) in [5, 5.41) is 36.1. The fraction of sp³-hybridized carbons (Fsp3) is 0.692. The zero-order valence-electron chi connectivity index (χ0n) is 21.2. The van der Waals surface area contributed by atoms with Crippen LogP contribution in [0, 0.1) is 28.1 Å². The van der Waals surface area contributed by atoms with Crippen molar-refractivity contribution in [3.63, 3.8) is 0 Å². The Hall–Kier alpha value is -2.64. The van der Waals surface area contributed by atoms with Crippen molar-refractivity contribution in [1.82, 2.24) is 4.98 Å². The fourth-order valence-electron chi connectivity index (χ4n) is 9.10. The monoisotopic (exact) mass is 531 g/mol. The summed E-state index contributed by atoms with van der Waals surface area (Å²) < 4.78 is 29.4. The normalized spacial score (nSPS) is 51.8. The molecule has 1 aromatic heterocycles. The number of esters is 3. The predicted octanol–water partition coefficient (Wildman–Crippen LogP) is -0.779. The number of rotatable bonds is 3. The summed E-state index contributed by atoms with van der Waals surface area (Å²) in [6, 6.07) is 5.19.